The van der Waals surface area contributed by atoms with Gasteiger partial charge in [-0.15, -0.1) is 0 Å². The van der Waals surface area contributed by atoms with Gasteiger partial charge in [-0.25, -0.2) is 0 Å². The van der Waals surface area contributed by atoms with Crippen LogP contribution in [0.15, 0.2) is 77.5 Å². The van der Waals surface area contributed by atoms with Gasteiger partial charge in [0.25, 0.3) is 5.91 Å². The first-order chi connectivity index (χ1) is 13.0. The van der Waals surface area contributed by atoms with Crippen molar-refractivity contribution in [2.24, 2.45) is 5.10 Å². The average molecular weight is 355 g/mol. The van der Waals surface area contributed by atoms with Gasteiger partial charge in [0.1, 0.15) is 0 Å². The lowest BCUT2D eigenvalue weighted by molar-refractivity contribution is -0.114. The van der Waals surface area contributed by atoms with Gasteiger partial charge >= 0.3 is 0 Å². The maximum Gasteiger partial charge on any atom is 0.280 e. The van der Waals surface area contributed by atoms with Crippen LogP contribution in [0, 0.1) is 13.8 Å². The molecule has 0 radical (unpaired) electrons. The highest BCUT2D eigenvalue weighted by Gasteiger charge is 2.28. The average Bonchev–Trinajstić information content (AvgIpc) is 3.25. The summed E-state index contributed by atoms with van der Waals surface area (Å²) >= 11 is 0. The van der Waals surface area contributed by atoms with Crippen LogP contribution in [0.5, 0.6) is 0 Å². The van der Waals surface area contributed by atoms with Crippen molar-refractivity contribution in [1.82, 2.24) is 4.57 Å². The zero-order valence-corrected chi connectivity index (χ0v) is 15.7. The van der Waals surface area contributed by atoms with Crippen LogP contribution in [0.1, 0.15) is 23.7 Å². The molecule has 0 N–H and O–H groups in total. The van der Waals surface area contributed by atoms with Crippen molar-refractivity contribution in [3.8, 4) is 5.69 Å². The number of aromatic nitrogens is 1. The summed E-state index contributed by atoms with van der Waals surface area (Å²) in [5, 5.41) is 5.92. The minimum absolute atomic E-state index is 0.105. The standard InChI is InChI=1S/C23H21N3O/c1-16-11-12-21(14-17(16)2)25-13-7-10-20(25)15-22-18(3)24-26(23(22)27)19-8-5-4-6-9-19/h4-15H,1-3H3/b22-15-. The first-order valence-corrected chi connectivity index (χ1v) is 8.96. The second kappa shape index (κ2) is 6.72. The molecule has 1 amide bonds. The molecule has 0 unspecified atom stereocenters. The largest absolute Gasteiger partial charge is 0.317 e. The molecule has 1 aliphatic rings. The summed E-state index contributed by atoms with van der Waals surface area (Å²) in [5.41, 5.74) is 6.64. The molecule has 1 aliphatic heterocycles. The molecular formula is C23H21N3O. The summed E-state index contributed by atoms with van der Waals surface area (Å²) in [4.78, 5) is 12.9. The summed E-state index contributed by atoms with van der Waals surface area (Å²) < 4.78 is 2.09. The third-order valence-electron chi connectivity index (χ3n) is 4.90. The SMILES string of the molecule is CC1=NN(c2ccccc2)C(=O)/C1=C\c1cccn1-c1ccc(C)c(C)c1. The Hall–Kier alpha value is -3.40. The second-order valence-corrected chi connectivity index (χ2v) is 6.77. The van der Waals surface area contributed by atoms with E-state index in [2.05, 4.69) is 41.7 Å². The lowest BCUT2D eigenvalue weighted by Gasteiger charge is -2.12. The Morgan fingerprint density at radius 1 is 0.852 bits per heavy atom. The van der Waals surface area contributed by atoms with E-state index in [4.69, 9.17) is 0 Å². The van der Waals surface area contributed by atoms with Crippen molar-refractivity contribution in [2.45, 2.75) is 20.8 Å². The van der Waals surface area contributed by atoms with Crippen LogP contribution >= 0.6 is 0 Å². The highest BCUT2D eigenvalue weighted by atomic mass is 16.2. The van der Waals surface area contributed by atoms with Crippen molar-refractivity contribution in [3.63, 3.8) is 0 Å². The van der Waals surface area contributed by atoms with Gasteiger partial charge in [0.05, 0.1) is 17.0 Å². The predicted molar refractivity (Wildman–Crippen MR) is 110 cm³/mol. The molecule has 0 saturated carbocycles. The van der Waals surface area contributed by atoms with E-state index < -0.39 is 0 Å². The number of rotatable bonds is 3. The Kier molecular flexibility index (Phi) is 4.24. The van der Waals surface area contributed by atoms with Gasteiger partial charge in [-0.1, -0.05) is 24.3 Å². The Bertz CT molecular complexity index is 1070. The Morgan fingerprint density at radius 2 is 1.63 bits per heavy atom. The van der Waals surface area contributed by atoms with Crippen LogP contribution in [0.3, 0.4) is 0 Å². The maximum atomic E-state index is 12.9. The molecule has 4 heteroatoms. The van der Waals surface area contributed by atoms with Crippen molar-refractivity contribution in [2.75, 3.05) is 5.01 Å². The number of hydrazone groups is 1. The summed E-state index contributed by atoms with van der Waals surface area (Å²) in [5.74, 6) is -0.105. The molecule has 0 atom stereocenters. The highest BCUT2D eigenvalue weighted by molar-refractivity contribution is 6.32. The molecular weight excluding hydrogens is 334 g/mol. The van der Waals surface area contributed by atoms with Crippen molar-refractivity contribution >= 4 is 23.4 Å². The first kappa shape index (κ1) is 17.0. The number of aryl methyl sites for hydroxylation is 2. The first-order valence-electron chi connectivity index (χ1n) is 8.96. The minimum Gasteiger partial charge on any atom is -0.317 e. The van der Waals surface area contributed by atoms with Crippen LogP contribution in [0.2, 0.25) is 0 Å². The zero-order valence-electron chi connectivity index (χ0n) is 15.7. The third kappa shape index (κ3) is 3.10. The van der Waals surface area contributed by atoms with Crippen molar-refractivity contribution in [1.29, 1.82) is 0 Å². The molecule has 3 aromatic rings. The molecule has 0 aliphatic carbocycles. The molecule has 2 heterocycles. The number of carbonyl (C=O) groups is 1. The summed E-state index contributed by atoms with van der Waals surface area (Å²) in [6.45, 7) is 6.08. The van der Waals surface area contributed by atoms with Crippen molar-refractivity contribution in [3.05, 3.63) is 89.3 Å². The summed E-state index contributed by atoms with van der Waals surface area (Å²) in [6.07, 6.45) is 3.93. The molecule has 27 heavy (non-hydrogen) atoms. The minimum atomic E-state index is -0.105. The number of benzene rings is 2. The van der Waals surface area contributed by atoms with Gasteiger partial charge < -0.3 is 4.57 Å². The molecule has 2 aromatic carbocycles. The predicted octanol–water partition coefficient (Wildman–Crippen LogP) is 4.90. The number of hydrogen-bond donors (Lipinski definition) is 0. The lowest BCUT2D eigenvalue weighted by Crippen LogP contribution is -2.21. The molecule has 4 nitrogen and oxygen atoms in total. The van der Waals surface area contributed by atoms with Crippen LogP contribution < -0.4 is 5.01 Å². The molecule has 134 valence electrons. The number of hydrogen-bond acceptors (Lipinski definition) is 2. The van der Waals surface area contributed by atoms with Gasteiger partial charge in [-0.2, -0.15) is 10.1 Å². The van der Waals surface area contributed by atoms with Crippen LogP contribution in [0.4, 0.5) is 5.69 Å². The Balaban J connectivity index is 1.71. The number of nitrogens with zero attached hydrogens (tertiary/aromatic N) is 3. The smallest absolute Gasteiger partial charge is 0.280 e. The Morgan fingerprint density at radius 3 is 2.37 bits per heavy atom. The molecule has 0 fully saturated rings. The van der Waals surface area contributed by atoms with Gasteiger partial charge in [0, 0.05) is 17.6 Å². The molecule has 1 aromatic heterocycles. The van der Waals surface area contributed by atoms with Crippen LogP contribution in [0.25, 0.3) is 11.8 Å². The number of para-hydroxylation sites is 1. The van der Waals surface area contributed by atoms with E-state index in [0.717, 1.165) is 22.8 Å². The quantitative estimate of drug-likeness (QED) is 0.616. The van der Waals surface area contributed by atoms with E-state index in [1.54, 1.807) is 0 Å². The number of anilines is 1. The van der Waals surface area contributed by atoms with Gasteiger partial charge in [-0.05, 0) is 74.4 Å². The van der Waals surface area contributed by atoms with E-state index in [1.165, 1.54) is 16.1 Å². The van der Waals surface area contributed by atoms with Gasteiger partial charge in [-0.3, -0.25) is 4.79 Å². The molecule has 0 spiro atoms. The van der Waals surface area contributed by atoms with Crippen molar-refractivity contribution < 1.29 is 4.79 Å². The van der Waals surface area contributed by atoms with E-state index in [9.17, 15) is 4.79 Å². The fraction of sp³-hybridized carbons (Fsp3) is 0.130. The van der Waals surface area contributed by atoms with E-state index in [-0.39, 0.29) is 5.91 Å². The highest BCUT2D eigenvalue weighted by Crippen LogP contribution is 2.26. The number of amides is 1. The van der Waals surface area contributed by atoms with E-state index in [0.29, 0.717) is 5.57 Å². The maximum absolute atomic E-state index is 12.9. The Labute approximate surface area is 159 Å². The van der Waals surface area contributed by atoms with Gasteiger partial charge in [0.15, 0.2) is 0 Å². The molecule has 0 bridgehead atoms. The second-order valence-electron chi connectivity index (χ2n) is 6.77. The molecule has 0 saturated heterocycles. The summed E-state index contributed by atoms with van der Waals surface area (Å²) in [6, 6.07) is 19.9. The zero-order chi connectivity index (χ0) is 19.0. The third-order valence-corrected chi connectivity index (χ3v) is 4.90. The fourth-order valence-electron chi connectivity index (χ4n) is 3.20. The molecule has 4 rings (SSSR count). The lowest BCUT2D eigenvalue weighted by atomic mass is 10.1. The monoisotopic (exact) mass is 355 g/mol. The normalized spacial score (nSPS) is 15.5. The van der Waals surface area contributed by atoms with Crippen LogP contribution in [-0.2, 0) is 4.79 Å². The van der Waals surface area contributed by atoms with E-state index in [1.807, 2.05) is 61.7 Å². The number of carbonyl (C=O) groups excluding carboxylic acids is 1. The summed E-state index contributed by atoms with van der Waals surface area (Å²) in [7, 11) is 0. The van der Waals surface area contributed by atoms with Gasteiger partial charge in [0.2, 0.25) is 0 Å². The fourth-order valence-corrected chi connectivity index (χ4v) is 3.20. The van der Waals surface area contributed by atoms with Crippen LogP contribution in [-0.4, -0.2) is 16.2 Å². The topological polar surface area (TPSA) is 37.6 Å². The van der Waals surface area contributed by atoms with E-state index >= 15 is 0 Å².